The van der Waals surface area contributed by atoms with Crippen LogP contribution in [-0.2, 0) is 19.5 Å². The summed E-state index contributed by atoms with van der Waals surface area (Å²) in [6, 6.07) is 13.4. The maximum absolute atomic E-state index is 12.1. The molecule has 0 fully saturated rings. The van der Waals surface area contributed by atoms with Gasteiger partial charge >= 0.3 is 6.61 Å². The number of anilines is 1. The van der Waals surface area contributed by atoms with Crippen LogP contribution in [0.1, 0.15) is 23.1 Å². The van der Waals surface area contributed by atoms with Crippen molar-refractivity contribution in [2.75, 3.05) is 18.5 Å². The number of fused-ring (bicyclic) bond motifs is 1. The molecule has 2 aromatic rings. The molecule has 1 aliphatic rings. The topological polar surface area (TPSA) is 24.5 Å². The van der Waals surface area contributed by atoms with E-state index in [1.807, 2.05) is 0 Å². The molecule has 6 heteroatoms. The molecule has 2 aromatic carbocycles. The van der Waals surface area contributed by atoms with Gasteiger partial charge in [-0.25, -0.2) is 0 Å². The van der Waals surface area contributed by atoms with Crippen molar-refractivity contribution >= 4 is 18.1 Å². The zero-order valence-corrected chi connectivity index (χ0v) is 15.0. The van der Waals surface area contributed by atoms with Crippen LogP contribution >= 0.6 is 12.4 Å². The maximum atomic E-state index is 12.1. The van der Waals surface area contributed by atoms with Crippen LogP contribution in [0.15, 0.2) is 42.5 Å². The van der Waals surface area contributed by atoms with E-state index in [4.69, 9.17) is 0 Å². The monoisotopic (exact) mass is 368 g/mol. The van der Waals surface area contributed by atoms with Crippen LogP contribution in [0.5, 0.6) is 5.75 Å². The Morgan fingerprint density at radius 1 is 1.08 bits per heavy atom. The molecular weight excluding hydrogens is 346 g/mol. The predicted octanol–water partition coefficient (Wildman–Crippen LogP) is 4.38. The first-order valence-electron chi connectivity index (χ1n) is 8.19. The van der Waals surface area contributed by atoms with Crippen molar-refractivity contribution < 1.29 is 13.5 Å². The van der Waals surface area contributed by atoms with Gasteiger partial charge in [-0.1, -0.05) is 24.3 Å². The molecular formula is C19H23ClF2N2O. The lowest BCUT2D eigenvalue weighted by atomic mass is 9.99. The summed E-state index contributed by atoms with van der Waals surface area (Å²) in [5, 5.41) is 3.39. The number of halogens is 3. The van der Waals surface area contributed by atoms with Gasteiger partial charge in [0.25, 0.3) is 0 Å². The van der Waals surface area contributed by atoms with Crippen LogP contribution in [0, 0.1) is 0 Å². The van der Waals surface area contributed by atoms with Gasteiger partial charge in [0.2, 0.25) is 0 Å². The number of hydrogen-bond donors (Lipinski definition) is 1. The number of nitrogens with one attached hydrogen (secondary N) is 1. The highest BCUT2D eigenvalue weighted by atomic mass is 35.5. The summed E-state index contributed by atoms with van der Waals surface area (Å²) in [5.74, 6) is 0.188. The van der Waals surface area contributed by atoms with Crippen LogP contribution in [0.2, 0.25) is 0 Å². The van der Waals surface area contributed by atoms with Crippen LogP contribution in [0.25, 0.3) is 0 Å². The van der Waals surface area contributed by atoms with Crippen molar-refractivity contribution in [2.45, 2.75) is 32.5 Å². The fourth-order valence-electron chi connectivity index (χ4n) is 3.09. The van der Waals surface area contributed by atoms with Crippen molar-refractivity contribution in [3.05, 3.63) is 59.2 Å². The molecule has 3 rings (SSSR count). The third kappa shape index (κ3) is 5.31. The number of rotatable bonds is 6. The summed E-state index contributed by atoms with van der Waals surface area (Å²) in [7, 11) is 2.14. The molecule has 0 atom stereocenters. The molecule has 0 aromatic heterocycles. The summed E-state index contributed by atoms with van der Waals surface area (Å²) in [5.41, 5.74) is 5.05. The molecule has 0 spiro atoms. The second-order valence-electron chi connectivity index (χ2n) is 6.11. The molecule has 0 saturated heterocycles. The number of nitrogens with zero attached hydrogens (tertiary/aromatic N) is 1. The van der Waals surface area contributed by atoms with Gasteiger partial charge in [-0.2, -0.15) is 8.78 Å². The molecule has 0 saturated carbocycles. The van der Waals surface area contributed by atoms with Gasteiger partial charge < -0.3 is 15.0 Å². The van der Waals surface area contributed by atoms with Gasteiger partial charge in [0.05, 0.1) is 0 Å². The normalized spacial score (nSPS) is 13.4. The Bertz CT molecular complexity index is 680. The van der Waals surface area contributed by atoms with Crippen molar-refractivity contribution in [3.8, 4) is 5.75 Å². The number of aryl methyl sites for hydroxylation is 1. The molecule has 1 N–H and O–H groups in total. The first-order valence-corrected chi connectivity index (χ1v) is 8.19. The highest BCUT2D eigenvalue weighted by Crippen LogP contribution is 2.26. The van der Waals surface area contributed by atoms with E-state index in [0.717, 1.165) is 25.1 Å². The quantitative estimate of drug-likeness (QED) is 0.818. The summed E-state index contributed by atoms with van der Waals surface area (Å²) in [6.45, 7) is -0.189. The van der Waals surface area contributed by atoms with E-state index >= 15 is 0 Å². The van der Waals surface area contributed by atoms with E-state index in [0.29, 0.717) is 6.54 Å². The summed E-state index contributed by atoms with van der Waals surface area (Å²) >= 11 is 0. The Hall–Kier alpha value is -1.85. The lowest BCUT2D eigenvalue weighted by molar-refractivity contribution is -0.0498. The smallest absolute Gasteiger partial charge is 0.387 e. The fraction of sp³-hybridized carbons (Fsp3) is 0.368. The van der Waals surface area contributed by atoms with Gasteiger partial charge in [0.15, 0.2) is 0 Å². The average Bonchev–Trinajstić information content (AvgIpc) is 2.56. The van der Waals surface area contributed by atoms with Gasteiger partial charge in [0.1, 0.15) is 5.75 Å². The SMILES string of the molecule is CN1CCCc2cc(CNCc3ccc(OC(F)F)cc3)ccc21.Cl. The number of benzene rings is 2. The average molecular weight is 369 g/mol. The van der Waals surface area contributed by atoms with E-state index in [9.17, 15) is 8.78 Å². The number of hydrogen-bond acceptors (Lipinski definition) is 3. The maximum Gasteiger partial charge on any atom is 0.387 e. The Kier molecular flexibility index (Phi) is 7.02. The zero-order chi connectivity index (χ0) is 16.9. The zero-order valence-electron chi connectivity index (χ0n) is 14.2. The van der Waals surface area contributed by atoms with Gasteiger partial charge in [-0.05, 0) is 47.7 Å². The molecule has 1 heterocycles. The lowest BCUT2D eigenvalue weighted by Crippen LogP contribution is -2.24. The molecule has 0 unspecified atom stereocenters. The first-order chi connectivity index (χ1) is 11.6. The molecule has 0 radical (unpaired) electrons. The van der Waals surface area contributed by atoms with E-state index in [-0.39, 0.29) is 18.2 Å². The van der Waals surface area contributed by atoms with E-state index in [2.05, 4.69) is 40.2 Å². The Labute approximate surface area is 153 Å². The molecule has 0 aliphatic carbocycles. The van der Waals surface area contributed by atoms with Crippen LogP contribution < -0.4 is 15.0 Å². The molecule has 0 bridgehead atoms. The summed E-state index contributed by atoms with van der Waals surface area (Å²) in [6.07, 6.45) is 2.34. The lowest BCUT2D eigenvalue weighted by Gasteiger charge is -2.27. The third-order valence-corrected chi connectivity index (χ3v) is 4.30. The minimum absolute atomic E-state index is 0. The number of ether oxygens (including phenoxy) is 1. The highest BCUT2D eigenvalue weighted by Gasteiger charge is 2.13. The predicted molar refractivity (Wildman–Crippen MR) is 98.9 cm³/mol. The van der Waals surface area contributed by atoms with E-state index in [1.54, 1.807) is 24.3 Å². The van der Waals surface area contributed by atoms with Crippen molar-refractivity contribution in [3.63, 3.8) is 0 Å². The van der Waals surface area contributed by atoms with Gasteiger partial charge in [-0.3, -0.25) is 0 Å². The highest BCUT2D eigenvalue weighted by molar-refractivity contribution is 5.85. The second-order valence-corrected chi connectivity index (χ2v) is 6.11. The molecule has 1 aliphatic heterocycles. The van der Waals surface area contributed by atoms with Crippen LogP contribution in [0.4, 0.5) is 14.5 Å². The molecule has 3 nitrogen and oxygen atoms in total. The summed E-state index contributed by atoms with van der Waals surface area (Å²) < 4.78 is 28.6. The van der Waals surface area contributed by atoms with E-state index < -0.39 is 6.61 Å². The van der Waals surface area contributed by atoms with Gasteiger partial charge in [-0.15, -0.1) is 12.4 Å². The van der Waals surface area contributed by atoms with Crippen molar-refractivity contribution in [2.24, 2.45) is 0 Å². The number of alkyl halides is 2. The van der Waals surface area contributed by atoms with Crippen molar-refractivity contribution in [1.29, 1.82) is 0 Å². The Morgan fingerprint density at radius 3 is 2.48 bits per heavy atom. The summed E-state index contributed by atoms with van der Waals surface area (Å²) in [4.78, 5) is 2.30. The Morgan fingerprint density at radius 2 is 1.76 bits per heavy atom. The standard InChI is InChI=1S/C19H22F2N2O.ClH/c1-23-10-2-3-16-11-15(6-9-18(16)23)13-22-12-14-4-7-17(8-5-14)24-19(20)21;/h4-9,11,19,22H,2-3,10,12-13H2,1H3;1H. The molecule has 0 amide bonds. The fourth-order valence-corrected chi connectivity index (χ4v) is 3.09. The van der Waals surface area contributed by atoms with Gasteiger partial charge in [0, 0.05) is 32.4 Å². The minimum Gasteiger partial charge on any atom is -0.435 e. The minimum atomic E-state index is -2.78. The van der Waals surface area contributed by atoms with Crippen LogP contribution in [0.3, 0.4) is 0 Å². The van der Waals surface area contributed by atoms with Crippen molar-refractivity contribution in [1.82, 2.24) is 5.32 Å². The second kappa shape index (κ2) is 9.02. The van der Waals surface area contributed by atoms with E-state index in [1.165, 1.54) is 23.2 Å². The molecule has 25 heavy (non-hydrogen) atoms. The largest absolute Gasteiger partial charge is 0.435 e. The first kappa shape index (κ1) is 19.5. The third-order valence-electron chi connectivity index (χ3n) is 4.30. The molecule has 136 valence electrons. The van der Waals surface area contributed by atoms with Crippen LogP contribution in [-0.4, -0.2) is 20.2 Å². The Balaban J connectivity index is 0.00000225.